The average Bonchev–Trinajstić information content (AvgIpc) is 2.67. The van der Waals surface area contributed by atoms with Gasteiger partial charge in [-0.15, -0.1) is 0 Å². The van der Waals surface area contributed by atoms with E-state index in [-0.39, 0.29) is 5.91 Å². The van der Waals surface area contributed by atoms with Crippen LogP contribution in [0.2, 0.25) is 0 Å². The minimum atomic E-state index is -0.950. The van der Waals surface area contributed by atoms with E-state index in [1.165, 1.54) is 4.90 Å². The molecule has 3 rings (SSSR count). The van der Waals surface area contributed by atoms with E-state index in [0.717, 1.165) is 12.0 Å². The van der Waals surface area contributed by atoms with Crippen molar-refractivity contribution in [2.24, 2.45) is 5.92 Å². The third-order valence-corrected chi connectivity index (χ3v) is 4.62. The predicted molar refractivity (Wildman–Crippen MR) is 95.9 cm³/mol. The molecule has 1 aliphatic rings. The second-order valence-electron chi connectivity index (χ2n) is 6.66. The van der Waals surface area contributed by atoms with Gasteiger partial charge < -0.3 is 14.7 Å². The summed E-state index contributed by atoms with van der Waals surface area (Å²) in [5.41, 5.74) is 1.37. The van der Waals surface area contributed by atoms with E-state index in [1.807, 2.05) is 19.1 Å². The van der Waals surface area contributed by atoms with E-state index in [0.29, 0.717) is 36.8 Å². The standard InChI is InChI=1S/C20H22N2O4/c1-14-7-9-22(18(10-14)20(24)25)19(23)16-5-2-6-17(11-16)26-13-15-4-3-8-21-12-15/h2-6,8,11-12,14,18H,7,9-10,13H2,1H3,(H,24,25). The summed E-state index contributed by atoms with van der Waals surface area (Å²) in [5.74, 6) is -0.351. The molecule has 1 aromatic carbocycles. The fraction of sp³-hybridized carbons (Fsp3) is 0.350. The lowest BCUT2D eigenvalue weighted by Crippen LogP contribution is -2.49. The number of nitrogens with zero attached hydrogens (tertiary/aromatic N) is 2. The Hall–Kier alpha value is -2.89. The first kappa shape index (κ1) is 17.9. The lowest BCUT2D eigenvalue weighted by molar-refractivity contribution is -0.144. The maximum Gasteiger partial charge on any atom is 0.326 e. The molecule has 1 aliphatic heterocycles. The fourth-order valence-corrected chi connectivity index (χ4v) is 3.15. The average molecular weight is 354 g/mol. The highest BCUT2D eigenvalue weighted by molar-refractivity contribution is 5.97. The Morgan fingerprint density at radius 2 is 2.15 bits per heavy atom. The molecule has 136 valence electrons. The van der Waals surface area contributed by atoms with Gasteiger partial charge in [-0.3, -0.25) is 9.78 Å². The molecular weight excluding hydrogens is 332 g/mol. The van der Waals surface area contributed by atoms with Gasteiger partial charge >= 0.3 is 5.97 Å². The summed E-state index contributed by atoms with van der Waals surface area (Å²) in [7, 11) is 0. The summed E-state index contributed by atoms with van der Waals surface area (Å²) in [6.45, 7) is 2.83. The summed E-state index contributed by atoms with van der Waals surface area (Å²) >= 11 is 0. The van der Waals surface area contributed by atoms with Crippen molar-refractivity contribution >= 4 is 11.9 Å². The van der Waals surface area contributed by atoms with Crippen LogP contribution < -0.4 is 4.74 Å². The molecule has 0 spiro atoms. The number of carboxylic acid groups (broad SMARTS) is 1. The van der Waals surface area contributed by atoms with Gasteiger partial charge in [0.15, 0.2) is 0 Å². The number of carbonyl (C=O) groups excluding carboxylic acids is 1. The molecule has 1 aromatic heterocycles. The van der Waals surface area contributed by atoms with Gasteiger partial charge in [0.05, 0.1) is 0 Å². The first-order valence-corrected chi connectivity index (χ1v) is 8.70. The van der Waals surface area contributed by atoms with Crippen molar-refractivity contribution in [3.05, 3.63) is 59.9 Å². The van der Waals surface area contributed by atoms with Gasteiger partial charge in [-0.2, -0.15) is 0 Å². The number of likely N-dealkylation sites (tertiary alicyclic amines) is 1. The van der Waals surface area contributed by atoms with Crippen molar-refractivity contribution in [3.8, 4) is 5.75 Å². The van der Waals surface area contributed by atoms with Crippen molar-refractivity contribution < 1.29 is 19.4 Å². The first-order chi connectivity index (χ1) is 12.5. The van der Waals surface area contributed by atoms with E-state index >= 15 is 0 Å². The van der Waals surface area contributed by atoms with Gasteiger partial charge in [-0.1, -0.05) is 19.1 Å². The van der Waals surface area contributed by atoms with E-state index < -0.39 is 12.0 Å². The minimum Gasteiger partial charge on any atom is -0.489 e. The second-order valence-corrected chi connectivity index (χ2v) is 6.66. The van der Waals surface area contributed by atoms with Crippen LogP contribution in [0.3, 0.4) is 0 Å². The Labute approximate surface area is 152 Å². The predicted octanol–water partition coefficient (Wildman–Crippen LogP) is 2.99. The number of aliphatic carboxylic acids is 1. The van der Waals surface area contributed by atoms with Crippen LogP contribution in [0.5, 0.6) is 5.75 Å². The monoisotopic (exact) mass is 354 g/mol. The van der Waals surface area contributed by atoms with E-state index in [1.54, 1.807) is 36.7 Å². The van der Waals surface area contributed by atoms with Crippen molar-refractivity contribution in [3.63, 3.8) is 0 Å². The zero-order valence-corrected chi connectivity index (χ0v) is 14.7. The largest absolute Gasteiger partial charge is 0.489 e. The highest BCUT2D eigenvalue weighted by Crippen LogP contribution is 2.25. The molecule has 0 radical (unpaired) electrons. The molecule has 26 heavy (non-hydrogen) atoms. The van der Waals surface area contributed by atoms with Crippen LogP contribution in [-0.4, -0.2) is 39.5 Å². The Morgan fingerprint density at radius 3 is 2.88 bits per heavy atom. The van der Waals surface area contributed by atoms with Crippen molar-refractivity contribution in [1.82, 2.24) is 9.88 Å². The van der Waals surface area contributed by atoms with Crippen LogP contribution in [-0.2, 0) is 11.4 Å². The molecule has 0 bridgehead atoms. The number of carbonyl (C=O) groups is 2. The van der Waals surface area contributed by atoms with Crippen molar-refractivity contribution in [1.29, 1.82) is 0 Å². The normalized spacial score (nSPS) is 19.8. The lowest BCUT2D eigenvalue weighted by atomic mass is 9.92. The Kier molecular flexibility index (Phi) is 5.51. The number of piperidine rings is 1. The van der Waals surface area contributed by atoms with Gasteiger partial charge in [-0.05, 0) is 43.0 Å². The number of pyridine rings is 1. The van der Waals surface area contributed by atoms with Crippen molar-refractivity contribution in [2.45, 2.75) is 32.4 Å². The lowest BCUT2D eigenvalue weighted by Gasteiger charge is -2.36. The quantitative estimate of drug-likeness (QED) is 0.893. The summed E-state index contributed by atoms with van der Waals surface area (Å²) in [4.78, 5) is 29.9. The molecule has 2 aromatic rings. The third-order valence-electron chi connectivity index (χ3n) is 4.62. The topological polar surface area (TPSA) is 79.7 Å². The van der Waals surface area contributed by atoms with Crippen LogP contribution in [0.15, 0.2) is 48.8 Å². The molecule has 2 unspecified atom stereocenters. The Morgan fingerprint density at radius 1 is 1.31 bits per heavy atom. The summed E-state index contributed by atoms with van der Waals surface area (Å²) < 4.78 is 5.73. The zero-order valence-electron chi connectivity index (χ0n) is 14.7. The molecule has 2 atom stereocenters. The molecule has 1 saturated heterocycles. The molecule has 6 nitrogen and oxygen atoms in total. The Balaban J connectivity index is 1.72. The van der Waals surface area contributed by atoms with Gasteiger partial charge in [0, 0.05) is 30.1 Å². The molecule has 0 saturated carbocycles. The number of rotatable bonds is 5. The summed E-state index contributed by atoms with van der Waals surface area (Å²) in [6.07, 6.45) is 4.72. The van der Waals surface area contributed by atoms with E-state index in [9.17, 15) is 14.7 Å². The SMILES string of the molecule is CC1CCN(C(=O)c2cccc(OCc3cccnc3)c2)C(C(=O)O)C1. The van der Waals surface area contributed by atoms with Crippen molar-refractivity contribution in [2.75, 3.05) is 6.54 Å². The highest BCUT2D eigenvalue weighted by Gasteiger charge is 2.35. The zero-order chi connectivity index (χ0) is 18.5. The maximum atomic E-state index is 12.8. The van der Waals surface area contributed by atoms with Gasteiger partial charge in [0.1, 0.15) is 18.4 Å². The number of carboxylic acids is 1. The van der Waals surface area contributed by atoms with E-state index in [2.05, 4.69) is 4.98 Å². The number of hydrogen-bond acceptors (Lipinski definition) is 4. The number of amides is 1. The smallest absolute Gasteiger partial charge is 0.326 e. The highest BCUT2D eigenvalue weighted by atomic mass is 16.5. The van der Waals surface area contributed by atoms with Crippen LogP contribution in [0.25, 0.3) is 0 Å². The van der Waals surface area contributed by atoms with Crippen LogP contribution in [0.4, 0.5) is 0 Å². The number of ether oxygens (including phenoxy) is 1. The number of hydrogen-bond donors (Lipinski definition) is 1. The summed E-state index contributed by atoms with van der Waals surface area (Å²) in [5, 5.41) is 9.46. The third kappa shape index (κ3) is 4.20. The molecule has 6 heteroatoms. The molecule has 1 N–H and O–H groups in total. The van der Waals surface area contributed by atoms with Gasteiger partial charge in [0.25, 0.3) is 5.91 Å². The Bertz CT molecular complexity index is 778. The fourth-order valence-electron chi connectivity index (χ4n) is 3.15. The molecule has 2 heterocycles. The van der Waals surface area contributed by atoms with Crippen LogP contribution >= 0.6 is 0 Å². The van der Waals surface area contributed by atoms with Crippen LogP contribution in [0, 0.1) is 5.92 Å². The molecule has 1 amide bonds. The minimum absolute atomic E-state index is 0.267. The number of benzene rings is 1. The first-order valence-electron chi connectivity index (χ1n) is 8.70. The maximum absolute atomic E-state index is 12.8. The van der Waals surface area contributed by atoms with Crippen LogP contribution in [0.1, 0.15) is 35.7 Å². The molecule has 0 aliphatic carbocycles. The second kappa shape index (κ2) is 7.99. The van der Waals surface area contributed by atoms with Gasteiger partial charge in [-0.25, -0.2) is 4.79 Å². The molecular formula is C20H22N2O4. The van der Waals surface area contributed by atoms with Gasteiger partial charge in [0.2, 0.25) is 0 Å². The van der Waals surface area contributed by atoms with E-state index in [4.69, 9.17) is 4.74 Å². The molecule has 1 fully saturated rings. The number of aromatic nitrogens is 1. The summed E-state index contributed by atoms with van der Waals surface area (Å²) in [6, 6.07) is 9.85.